The minimum atomic E-state index is -0.294. The van der Waals surface area contributed by atoms with Gasteiger partial charge in [-0.25, -0.2) is 0 Å². The molecule has 0 atom stereocenters. The van der Waals surface area contributed by atoms with Crippen LogP contribution in [0, 0.1) is 0 Å². The molecular weight excluding hydrogens is 340 g/mol. The number of methoxy groups -OCH3 is 1. The van der Waals surface area contributed by atoms with Crippen LogP contribution in [0.3, 0.4) is 0 Å². The maximum absolute atomic E-state index is 11.9. The number of nitrogens with one attached hydrogen (secondary N) is 2. The van der Waals surface area contributed by atoms with Gasteiger partial charge in [-0.1, -0.05) is 24.4 Å². The van der Waals surface area contributed by atoms with Crippen LogP contribution in [0.15, 0.2) is 12.1 Å². The van der Waals surface area contributed by atoms with Crippen molar-refractivity contribution in [2.24, 2.45) is 0 Å². The van der Waals surface area contributed by atoms with Crippen molar-refractivity contribution in [3.63, 3.8) is 0 Å². The van der Waals surface area contributed by atoms with E-state index in [4.69, 9.17) is 21.1 Å². The van der Waals surface area contributed by atoms with Crippen molar-refractivity contribution < 1.29 is 14.3 Å². The molecule has 2 rings (SSSR count). The minimum absolute atomic E-state index is 0.0797. The highest BCUT2D eigenvalue weighted by atomic mass is 35.5. The highest BCUT2D eigenvalue weighted by molar-refractivity contribution is 6.31. The van der Waals surface area contributed by atoms with Gasteiger partial charge in [-0.2, -0.15) is 0 Å². The third-order valence-electron chi connectivity index (χ3n) is 4.14. The summed E-state index contributed by atoms with van der Waals surface area (Å²) < 4.78 is 11.0. The van der Waals surface area contributed by atoms with Gasteiger partial charge in [0.2, 0.25) is 0 Å². The summed E-state index contributed by atoms with van der Waals surface area (Å²) in [6, 6.07) is 4.16. The Balaban J connectivity index is 1.98. The van der Waals surface area contributed by atoms with Gasteiger partial charge in [0.15, 0.2) is 18.1 Å². The van der Waals surface area contributed by atoms with Gasteiger partial charge in [0.05, 0.1) is 7.11 Å². The number of amides is 1. The Hall–Kier alpha value is -1.46. The third-order valence-corrected chi connectivity index (χ3v) is 4.49. The quantitative estimate of drug-likeness (QED) is 0.770. The number of rotatable bonds is 7. The van der Waals surface area contributed by atoms with Crippen LogP contribution in [-0.4, -0.2) is 31.2 Å². The van der Waals surface area contributed by atoms with E-state index in [0.717, 1.165) is 5.56 Å². The second kappa shape index (κ2) is 8.77. The summed E-state index contributed by atoms with van der Waals surface area (Å²) >= 11 is 6.39. The van der Waals surface area contributed by atoms with Crippen LogP contribution in [-0.2, 0) is 11.3 Å². The molecule has 0 unspecified atom stereocenters. The molecule has 0 spiro atoms. The Kier molecular flexibility index (Phi) is 6.96. The largest absolute Gasteiger partial charge is 0.493 e. The zero-order valence-electron chi connectivity index (χ0n) is 15.6. The van der Waals surface area contributed by atoms with Crippen LogP contribution < -0.4 is 20.1 Å². The van der Waals surface area contributed by atoms with Crippen LogP contribution in [0.2, 0.25) is 5.02 Å². The maximum atomic E-state index is 11.9. The smallest absolute Gasteiger partial charge is 0.258 e. The first kappa shape index (κ1) is 19.9. The Bertz CT molecular complexity index is 593. The van der Waals surface area contributed by atoms with Crippen LogP contribution in [0.25, 0.3) is 0 Å². The first-order valence-corrected chi connectivity index (χ1v) is 9.20. The molecule has 2 N–H and O–H groups in total. The summed E-state index contributed by atoms with van der Waals surface area (Å²) in [5.41, 5.74) is 0.676. The molecule has 0 aromatic heterocycles. The molecule has 1 aromatic rings. The zero-order valence-corrected chi connectivity index (χ0v) is 16.3. The molecule has 0 bridgehead atoms. The van der Waals surface area contributed by atoms with Crippen molar-refractivity contribution in [2.45, 2.75) is 64.6 Å². The molecule has 1 amide bonds. The summed E-state index contributed by atoms with van der Waals surface area (Å²) in [7, 11) is 1.58. The Labute approximate surface area is 155 Å². The lowest BCUT2D eigenvalue weighted by Gasteiger charge is -2.21. The molecule has 6 heteroatoms. The monoisotopic (exact) mass is 368 g/mol. The summed E-state index contributed by atoms with van der Waals surface area (Å²) in [4.78, 5) is 11.9. The van der Waals surface area contributed by atoms with Gasteiger partial charge < -0.3 is 20.1 Å². The van der Waals surface area contributed by atoms with E-state index in [9.17, 15) is 4.79 Å². The van der Waals surface area contributed by atoms with Crippen molar-refractivity contribution in [3.05, 3.63) is 22.7 Å². The molecule has 1 fully saturated rings. The number of hydrogen-bond acceptors (Lipinski definition) is 4. The van der Waals surface area contributed by atoms with E-state index in [0.29, 0.717) is 29.1 Å². The van der Waals surface area contributed by atoms with Crippen LogP contribution in [0.5, 0.6) is 11.5 Å². The average Bonchev–Trinajstić information content (AvgIpc) is 3.03. The number of carbonyl (C=O) groups excluding carboxylic acids is 1. The normalized spacial score (nSPS) is 15.2. The van der Waals surface area contributed by atoms with Gasteiger partial charge in [0, 0.05) is 29.2 Å². The predicted molar refractivity (Wildman–Crippen MR) is 100 cm³/mol. The lowest BCUT2D eigenvalue weighted by atomic mass is 10.1. The summed E-state index contributed by atoms with van der Waals surface area (Å²) in [6.45, 7) is 6.39. The average molecular weight is 369 g/mol. The highest BCUT2D eigenvalue weighted by Crippen LogP contribution is 2.33. The standard InChI is InChI=1S/C19H29ClN2O3/c1-19(2,3)22-18(23)12-25-17-10-15(20)13(9-16(17)24-4)11-21-14-7-5-6-8-14/h9-10,14,21H,5-8,11-12H2,1-4H3,(H,22,23). The number of hydrogen-bond donors (Lipinski definition) is 2. The van der Waals surface area contributed by atoms with E-state index >= 15 is 0 Å². The molecule has 0 aliphatic heterocycles. The van der Waals surface area contributed by atoms with Crippen molar-refractivity contribution in [3.8, 4) is 11.5 Å². The van der Waals surface area contributed by atoms with Crippen LogP contribution >= 0.6 is 11.6 Å². The molecule has 1 aliphatic carbocycles. The van der Waals surface area contributed by atoms with Gasteiger partial charge in [0.25, 0.3) is 5.91 Å². The van der Waals surface area contributed by atoms with Crippen molar-refractivity contribution >= 4 is 17.5 Å². The summed E-state index contributed by atoms with van der Waals surface area (Å²) in [5, 5.41) is 7.01. The minimum Gasteiger partial charge on any atom is -0.493 e. The Morgan fingerprint density at radius 2 is 1.92 bits per heavy atom. The van der Waals surface area contributed by atoms with E-state index in [-0.39, 0.29) is 18.1 Å². The van der Waals surface area contributed by atoms with Crippen LogP contribution in [0.1, 0.15) is 52.0 Å². The van der Waals surface area contributed by atoms with Gasteiger partial charge in [-0.3, -0.25) is 4.79 Å². The molecule has 0 saturated heterocycles. The maximum Gasteiger partial charge on any atom is 0.258 e. The van der Waals surface area contributed by atoms with Gasteiger partial charge >= 0.3 is 0 Å². The first-order chi connectivity index (χ1) is 11.8. The predicted octanol–water partition coefficient (Wildman–Crippen LogP) is 3.67. The second-order valence-electron chi connectivity index (χ2n) is 7.54. The fraction of sp³-hybridized carbons (Fsp3) is 0.632. The third kappa shape index (κ3) is 6.40. The van der Waals surface area contributed by atoms with Gasteiger partial charge in [-0.15, -0.1) is 0 Å². The molecule has 0 radical (unpaired) electrons. The van der Waals surface area contributed by atoms with Crippen molar-refractivity contribution in [1.29, 1.82) is 0 Å². The number of ether oxygens (including phenoxy) is 2. The van der Waals surface area contributed by atoms with Crippen molar-refractivity contribution in [2.75, 3.05) is 13.7 Å². The molecular formula is C19H29ClN2O3. The summed E-state index contributed by atoms with van der Waals surface area (Å²) in [5.74, 6) is 0.870. The molecule has 0 heterocycles. The van der Waals surface area contributed by atoms with E-state index in [1.165, 1.54) is 25.7 Å². The fourth-order valence-corrected chi connectivity index (χ4v) is 3.19. The van der Waals surface area contributed by atoms with E-state index in [1.807, 2.05) is 26.8 Å². The molecule has 5 nitrogen and oxygen atoms in total. The van der Waals surface area contributed by atoms with Crippen molar-refractivity contribution in [1.82, 2.24) is 10.6 Å². The Morgan fingerprint density at radius 1 is 1.24 bits per heavy atom. The fourth-order valence-electron chi connectivity index (χ4n) is 2.97. The first-order valence-electron chi connectivity index (χ1n) is 8.82. The lowest BCUT2D eigenvalue weighted by molar-refractivity contribution is -0.124. The molecule has 1 aliphatic rings. The topological polar surface area (TPSA) is 59.6 Å². The number of carbonyl (C=O) groups is 1. The number of halogens is 1. The van der Waals surface area contributed by atoms with Gasteiger partial charge in [0.1, 0.15) is 0 Å². The molecule has 1 saturated carbocycles. The second-order valence-corrected chi connectivity index (χ2v) is 7.95. The van der Waals surface area contributed by atoms with Crippen LogP contribution in [0.4, 0.5) is 0 Å². The number of benzene rings is 1. The Morgan fingerprint density at radius 3 is 2.52 bits per heavy atom. The highest BCUT2D eigenvalue weighted by Gasteiger charge is 2.18. The van der Waals surface area contributed by atoms with Gasteiger partial charge in [-0.05, 0) is 45.2 Å². The molecule has 1 aromatic carbocycles. The SMILES string of the molecule is COc1cc(CNC2CCCC2)c(Cl)cc1OCC(=O)NC(C)(C)C. The van der Waals surface area contributed by atoms with E-state index in [1.54, 1.807) is 13.2 Å². The zero-order chi connectivity index (χ0) is 18.4. The summed E-state index contributed by atoms with van der Waals surface area (Å²) in [6.07, 6.45) is 5.02. The molecule has 25 heavy (non-hydrogen) atoms. The lowest BCUT2D eigenvalue weighted by Crippen LogP contribution is -2.43. The molecule has 140 valence electrons. The van der Waals surface area contributed by atoms with E-state index in [2.05, 4.69) is 10.6 Å². The van der Waals surface area contributed by atoms with E-state index < -0.39 is 0 Å².